The van der Waals surface area contributed by atoms with Gasteiger partial charge in [-0.25, -0.2) is 0 Å². The predicted octanol–water partition coefficient (Wildman–Crippen LogP) is 3.60. The number of aromatic nitrogens is 3. The number of carbonyl (C=O) groups excluding carboxylic acids is 5. The number of hydrogen-bond acceptors (Lipinski definition) is 10. The molecule has 16 heteroatoms. The molecule has 1 fully saturated rings. The van der Waals surface area contributed by atoms with E-state index in [9.17, 15) is 24.0 Å². The van der Waals surface area contributed by atoms with Gasteiger partial charge in [-0.2, -0.15) is 0 Å². The van der Waals surface area contributed by atoms with Crippen molar-refractivity contribution in [3.8, 4) is 5.00 Å². The van der Waals surface area contributed by atoms with Gasteiger partial charge in [-0.05, 0) is 57.0 Å². The van der Waals surface area contributed by atoms with Crippen LogP contribution < -0.4 is 21.5 Å². The van der Waals surface area contributed by atoms with E-state index in [2.05, 4.69) is 38.6 Å². The van der Waals surface area contributed by atoms with Crippen molar-refractivity contribution in [2.24, 2.45) is 4.99 Å². The molecule has 3 aliphatic heterocycles. The minimum atomic E-state index is -0.723. The molecule has 5 amide bonds. The Labute approximate surface area is 301 Å². The second kappa shape index (κ2) is 13.7. The highest BCUT2D eigenvalue weighted by atomic mass is 35.5. The second-order valence-electron chi connectivity index (χ2n) is 12.6. The molecule has 3 aliphatic rings. The smallest absolute Gasteiger partial charge is 0.255 e. The molecule has 14 nitrogen and oxygen atoms in total. The number of imide groups is 1. The number of piperidine rings is 1. The van der Waals surface area contributed by atoms with Gasteiger partial charge in [-0.3, -0.25) is 49.7 Å². The zero-order valence-corrected chi connectivity index (χ0v) is 29.6. The average molecular weight is 728 g/mol. The molecule has 262 valence electrons. The van der Waals surface area contributed by atoms with E-state index in [0.717, 1.165) is 32.3 Å². The zero-order chi connectivity index (χ0) is 36.0. The summed E-state index contributed by atoms with van der Waals surface area (Å²) in [6, 6.07) is 11.2. The third kappa shape index (κ3) is 6.50. The molecule has 7 rings (SSSR count). The molecule has 0 radical (unpaired) electrons. The largest absolute Gasteiger partial charge is 0.384 e. The molecule has 2 aromatic carbocycles. The summed E-state index contributed by atoms with van der Waals surface area (Å²) >= 11 is 7.81. The predicted molar refractivity (Wildman–Crippen MR) is 190 cm³/mol. The van der Waals surface area contributed by atoms with Crippen molar-refractivity contribution < 1.29 is 24.0 Å². The molecule has 1 unspecified atom stereocenters. The Kier molecular flexibility index (Phi) is 9.16. The van der Waals surface area contributed by atoms with Crippen molar-refractivity contribution in [2.75, 3.05) is 11.9 Å². The molecular formula is C35H34ClN9O5S. The summed E-state index contributed by atoms with van der Waals surface area (Å²) in [6.07, 6.45) is 0.351. The number of anilines is 1. The Balaban J connectivity index is 0.993. The number of hydrazine groups is 1. The van der Waals surface area contributed by atoms with E-state index in [1.807, 2.05) is 30.5 Å². The summed E-state index contributed by atoms with van der Waals surface area (Å²) in [5, 5.41) is 15.8. The van der Waals surface area contributed by atoms with Crippen molar-refractivity contribution >= 4 is 63.9 Å². The van der Waals surface area contributed by atoms with Crippen LogP contribution in [0.15, 0.2) is 47.5 Å². The van der Waals surface area contributed by atoms with Crippen LogP contribution in [0.5, 0.6) is 0 Å². The van der Waals surface area contributed by atoms with Crippen LogP contribution in [0.1, 0.15) is 80.9 Å². The van der Waals surface area contributed by atoms with Gasteiger partial charge in [0.25, 0.3) is 5.91 Å². The molecule has 2 aromatic heterocycles. The highest BCUT2D eigenvalue weighted by Gasteiger charge is 2.40. The SMILES string of the molecule is Cc1sc2c(c1C)C(c1ccc(Cl)cc1)=N[C@@H](CC(=O)NNC(=O)CCNc1cccc3c1CN(C1CCC(=O)NC1=O)C3=O)c1nnc(C)n1-2. The standard InChI is InChI=1S/C35H34ClN9O5S/c1-17-18(2)51-35-30(17)31(20-7-9-21(36)10-8-20)38-25(32-43-40-19(3)45(32)35)15-29(48)42-41-28(47)13-14-37-24-6-4-5-22-23(24)16-44(34(22)50)26-11-12-27(46)39-33(26)49/h4-10,25-26,37H,11-16H2,1-3H3,(H,41,47)(H,42,48)(H,39,46,49)/t25-,26?/m0/s1. The first kappa shape index (κ1) is 34.1. The summed E-state index contributed by atoms with van der Waals surface area (Å²) in [6.45, 7) is 6.38. The number of nitrogens with one attached hydrogen (secondary N) is 4. The Bertz CT molecular complexity index is 2140. The molecule has 0 spiro atoms. The first-order chi connectivity index (χ1) is 24.5. The van der Waals surface area contributed by atoms with Crippen LogP contribution in [0, 0.1) is 20.8 Å². The van der Waals surface area contributed by atoms with Crippen LogP contribution in [-0.4, -0.2) is 67.5 Å². The zero-order valence-electron chi connectivity index (χ0n) is 28.0. The van der Waals surface area contributed by atoms with Crippen LogP contribution in [-0.2, 0) is 25.7 Å². The molecule has 1 saturated heterocycles. The van der Waals surface area contributed by atoms with Crippen LogP contribution in [0.3, 0.4) is 0 Å². The van der Waals surface area contributed by atoms with Crippen LogP contribution in [0.25, 0.3) is 5.00 Å². The van der Waals surface area contributed by atoms with Gasteiger partial charge in [0.15, 0.2) is 5.82 Å². The fraction of sp³-hybridized carbons (Fsp3) is 0.314. The van der Waals surface area contributed by atoms with Gasteiger partial charge in [0.05, 0.1) is 12.1 Å². The normalized spacial score (nSPS) is 17.9. The van der Waals surface area contributed by atoms with E-state index in [0.29, 0.717) is 33.5 Å². The lowest BCUT2D eigenvalue weighted by Gasteiger charge is -2.29. The van der Waals surface area contributed by atoms with Gasteiger partial charge in [0.1, 0.15) is 22.9 Å². The van der Waals surface area contributed by atoms with Crippen molar-refractivity contribution in [1.82, 2.24) is 35.8 Å². The molecule has 2 atom stereocenters. The minimum absolute atomic E-state index is 0.0173. The topological polar surface area (TPSA) is 180 Å². The lowest BCUT2D eigenvalue weighted by molar-refractivity contribution is -0.137. The molecule has 4 N–H and O–H groups in total. The lowest BCUT2D eigenvalue weighted by atomic mass is 9.99. The molecule has 4 aromatic rings. The van der Waals surface area contributed by atoms with E-state index in [-0.39, 0.29) is 50.6 Å². The highest BCUT2D eigenvalue weighted by Crippen LogP contribution is 2.39. The Morgan fingerprint density at radius 1 is 1.02 bits per heavy atom. The Hall–Kier alpha value is -5.41. The first-order valence-corrected chi connectivity index (χ1v) is 17.6. The number of hydrogen-bond donors (Lipinski definition) is 4. The van der Waals surface area contributed by atoms with Crippen molar-refractivity contribution in [3.05, 3.63) is 91.8 Å². The minimum Gasteiger partial charge on any atom is -0.384 e. The maximum atomic E-state index is 13.3. The third-order valence-corrected chi connectivity index (χ3v) is 10.8. The van der Waals surface area contributed by atoms with Crippen LogP contribution in [0.2, 0.25) is 5.02 Å². The van der Waals surface area contributed by atoms with Gasteiger partial charge in [0, 0.05) is 63.8 Å². The summed E-state index contributed by atoms with van der Waals surface area (Å²) in [7, 11) is 0. The molecule has 0 bridgehead atoms. The van der Waals surface area contributed by atoms with E-state index in [1.54, 1.807) is 41.7 Å². The molecule has 5 heterocycles. The number of benzene rings is 2. The number of amides is 5. The lowest BCUT2D eigenvalue weighted by Crippen LogP contribution is -2.52. The molecule has 0 aliphatic carbocycles. The van der Waals surface area contributed by atoms with E-state index < -0.39 is 29.8 Å². The van der Waals surface area contributed by atoms with Gasteiger partial charge in [-0.15, -0.1) is 21.5 Å². The summed E-state index contributed by atoms with van der Waals surface area (Å²) in [4.78, 5) is 70.9. The number of fused-ring (bicyclic) bond motifs is 4. The number of aryl methyl sites for hydroxylation is 2. The molecule has 51 heavy (non-hydrogen) atoms. The van der Waals surface area contributed by atoms with E-state index in [1.165, 1.54) is 4.90 Å². The quantitative estimate of drug-likeness (QED) is 0.157. The second-order valence-corrected chi connectivity index (χ2v) is 14.3. The summed E-state index contributed by atoms with van der Waals surface area (Å²) in [5.41, 5.74) is 10.4. The van der Waals surface area contributed by atoms with Crippen LogP contribution >= 0.6 is 22.9 Å². The van der Waals surface area contributed by atoms with Gasteiger partial charge >= 0.3 is 0 Å². The monoisotopic (exact) mass is 727 g/mol. The van der Waals surface area contributed by atoms with Crippen molar-refractivity contribution in [1.29, 1.82) is 0 Å². The fourth-order valence-electron chi connectivity index (χ4n) is 6.62. The van der Waals surface area contributed by atoms with E-state index >= 15 is 0 Å². The number of rotatable bonds is 8. The van der Waals surface area contributed by atoms with Gasteiger partial charge in [-0.1, -0.05) is 29.8 Å². The Morgan fingerprint density at radius 3 is 2.55 bits per heavy atom. The molecule has 0 saturated carbocycles. The number of nitrogens with zero attached hydrogens (tertiary/aromatic N) is 5. The Morgan fingerprint density at radius 2 is 1.78 bits per heavy atom. The highest BCUT2D eigenvalue weighted by molar-refractivity contribution is 7.15. The van der Waals surface area contributed by atoms with Crippen LogP contribution in [0.4, 0.5) is 5.69 Å². The number of halogens is 1. The number of aliphatic imine (C=N–C) groups is 1. The average Bonchev–Trinajstić information content (AvgIpc) is 3.71. The van der Waals surface area contributed by atoms with Crippen molar-refractivity contribution in [3.63, 3.8) is 0 Å². The fourth-order valence-corrected chi connectivity index (χ4v) is 7.96. The molecular weight excluding hydrogens is 694 g/mol. The number of carbonyl (C=O) groups is 5. The maximum absolute atomic E-state index is 13.3. The third-order valence-electron chi connectivity index (χ3n) is 9.33. The summed E-state index contributed by atoms with van der Waals surface area (Å²) < 4.78 is 1.95. The maximum Gasteiger partial charge on any atom is 0.255 e. The van der Waals surface area contributed by atoms with Crippen molar-refractivity contribution in [2.45, 2.75) is 65.1 Å². The first-order valence-electron chi connectivity index (χ1n) is 16.4. The van der Waals surface area contributed by atoms with Gasteiger partial charge in [0.2, 0.25) is 23.6 Å². The summed E-state index contributed by atoms with van der Waals surface area (Å²) in [5.74, 6) is -0.802. The number of thiophene rings is 1. The van der Waals surface area contributed by atoms with Gasteiger partial charge < -0.3 is 10.2 Å². The van der Waals surface area contributed by atoms with E-state index in [4.69, 9.17) is 16.6 Å².